The number of amides is 1. The average Bonchev–Trinajstić information content (AvgIpc) is 2.61. The number of anilines is 1. The number of alkyl halides is 2. The summed E-state index contributed by atoms with van der Waals surface area (Å²) in [6.45, 7) is -0.718. The van der Waals surface area contributed by atoms with Gasteiger partial charge in [0.1, 0.15) is 5.82 Å². The van der Waals surface area contributed by atoms with Gasteiger partial charge in [0.05, 0.1) is 16.1 Å². The second-order valence-electron chi connectivity index (χ2n) is 4.93. The monoisotopic (exact) mass is 387 g/mol. The van der Waals surface area contributed by atoms with Crippen molar-refractivity contribution in [3.8, 4) is 0 Å². The molecule has 0 aliphatic heterocycles. The number of para-hydroxylation sites is 1. The van der Waals surface area contributed by atoms with Crippen LogP contribution in [0.2, 0.25) is 0 Å². The molecule has 2 rings (SSSR count). The Morgan fingerprint density at radius 3 is 2.23 bits per heavy atom. The molecule has 0 aromatic heterocycles. The van der Waals surface area contributed by atoms with Gasteiger partial charge in [0, 0.05) is 0 Å². The molecule has 0 saturated heterocycles. The van der Waals surface area contributed by atoms with Crippen LogP contribution in [0.3, 0.4) is 0 Å². The normalized spacial score (nSPS) is 11.2. The highest BCUT2D eigenvalue weighted by molar-refractivity contribution is 7.91. The summed E-state index contributed by atoms with van der Waals surface area (Å²) in [6, 6.07) is 9.00. The minimum absolute atomic E-state index is 0.0879. The van der Waals surface area contributed by atoms with E-state index < -0.39 is 44.8 Å². The molecule has 0 bridgehead atoms. The largest absolute Gasteiger partial charge is 0.452 e. The predicted molar refractivity (Wildman–Crippen MR) is 84.9 cm³/mol. The van der Waals surface area contributed by atoms with Gasteiger partial charge in [0.25, 0.3) is 5.91 Å². The molecule has 1 amide bonds. The number of halogens is 3. The van der Waals surface area contributed by atoms with Crippen LogP contribution in [0.4, 0.5) is 18.9 Å². The van der Waals surface area contributed by atoms with E-state index in [1.807, 2.05) is 0 Å². The molecule has 0 aliphatic carbocycles. The van der Waals surface area contributed by atoms with E-state index in [4.69, 9.17) is 4.74 Å². The zero-order valence-corrected chi connectivity index (χ0v) is 13.8. The average molecular weight is 387 g/mol. The summed E-state index contributed by atoms with van der Waals surface area (Å²) in [7, 11) is -4.77. The van der Waals surface area contributed by atoms with Gasteiger partial charge in [-0.05, 0) is 36.4 Å². The van der Waals surface area contributed by atoms with E-state index in [9.17, 15) is 31.2 Å². The Labute approximate surface area is 146 Å². The van der Waals surface area contributed by atoms with E-state index in [2.05, 4.69) is 5.32 Å². The van der Waals surface area contributed by atoms with Crippen molar-refractivity contribution in [1.82, 2.24) is 0 Å². The molecule has 0 unspecified atom stereocenters. The Bertz CT molecular complexity index is 914. The molecule has 0 fully saturated rings. The highest BCUT2D eigenvalue weighted by Crippen LogP contribution is 2.19. The van der Waals surface area contributed by atoms with Crippen molar-refractivity contribution in [2.45, 2.75) is 10.7 Å². The summed E-state index contributed by atoms with van der Waals surface area (Å²) in [5.41, 5.74) is -0.230. The van der Waals surface area contributed by atoms with Crippen LogP contribution in [0, 0.1) is 5.82 Å². The Morgan fingerprint density at radius 1 is 1.04 bits per heavy atom. The summed E-state index contributed by atoms with van der Waals surface area (Å²) in [4.78, 5) is 22.8. The second-order valence-corrected chi connectivity index (χ2v) is 6.85. The Morgan fingerprint density at radius 2 is 1.65 bits per heavy atom. The van der Waals surface area contributed by atoms with Crippen LogP contribution < -0.4 is 5.32 Å². The molecule has 0 atom stereocenters. The molecule has 2 aromatic rings. The maximum absolute atomic E-state index is 13.4. The van der Waals surface area contributed by atoms with Gasteiger partial charge in [-0.3, -0.25) is 4.79 Å². The fourth-order valence-electron chi connectivity index (χ4n) is 1.85. The molecule has 0 spiro atoms. The molecule has 0 aliphatic rings. The molecule has 2 aromatic carbocycles. The molecular weight excluding hydrogens is 375 g/mol. The van der Waals surface area contributed by atoms with Gasteiger partial charge in [0.2, 0.25) is 9.84 Å². The van der Waals surface area contributed by atoms with Crippen molar-refractivity contribution in [1.29, 1.82) is 0 Å². The quantitative estimate of drug-likeness (QED) is 0.770. The Kier molecular flexibility index (Phi) is 5.98. The lowest BCUT2D eigenvalue weighted by atomic mass is 10.2. The standard InChI is InChI=1S/C16H12F3NO5S/c17-12-3-1-2-4-13(12)20-14(21)9-25-15(22)10-5-7-11(8-6-10)26(23,24)16(18)19/h1-8,16H,9H2,(H,20,21). The van der Waals surface area contributed by atoms with Crippen LogP contribution >= 0.6 is 0 Å². The Balaban J connectivity index is 1.96. The van der Waals surface area contributed by atoms with Crippen LogP contribution in [-0.2, 0) is 19.4 Å². The number of nitrogens with one attached hydrogen (secondary N) is 1. The maximum Gasteiger partial charge on any atom is 0.341 e. The number of esters is 1. The van der Waals surface area contributed by atoms with E-state index >= 15 is 0 Å². The lowest BCUT2D eigenvalue weighted by molar-refractivity contribution is -0.119. The summed E-state index contributed by atoms with van der Waals surface area (Å²) >= 11 is 0. The number of benzene rings is 2. The predicted octanol–water partition coefficient (Wildman–Crippen LogP) is 2.62. The van der Waals surface area contributed by atoms with Gasteiger partial charge < -0.3 is 10.1 Å². The highest BCUT2D eigenvalue weighted by Gasteiger charge is 2.26. The van der Waals surface area contributed by atoms with Crippen molar-refractivity contribution >= 4 is 27.4 Å². The molecule has 0 saturated carbocycles. The van der Waals surface area contributed by atoms with Gasteiger partial charge in [-0.2, -0.15) is 8.78 Å². The first-order valence-corrected chi connectivity index (χ1v) is 8.60. The molecule has 1 N–H and O–H groups in total. The lowest BCUT2D eigenvalue weighted by Crippen LogP contribution is -2.21. The number of sulfone groups is 1. The zero-order valence-electron chi connectivity index (χ0n) is 13.0. The number of rotatable bonds is 6. The summed E-state index contributed by atoms with van der Waals surface area (Å²) in [6.07, 6.45) is 0. The van der Waals surface area contributed by atoms with Crippen molar-refractivity contribution in [3.63, 3.8) is 0 Å². The number of ether oxygens (including phenoxy) is 1. The molecule has 138 valence electrons. The molecule has 0 heterocycles. The first-order valence-electron chi connectivity index (χ1n) is 7.05. The van der Waals surface area contributed by atoms with E-state index in [-0.39, 0.29) is 11.3 Å². The third-order valence-electron chi connectivity index (χ3n) is 3.14. The van der Waals surface area contributed by atoms with E-state index in [1.54, 1.807) is 0 Å². The fraction of sp³-hybridized carbons (Fsp3) is 0.125. The van der Waals surface area contributed by atoms with Gasteiger partial charge in [-0.1, -0.05) is 12.1 Å². The van der Waals surface area contributed by atoms with Gasteiger partial charge in [-0.15, -0.1) is 0 Å². The zero-order chi connectivity index (χ0) is 19.3. The van der Waals surface area contributed by atoms with Crippen LogP contribution in [0.15, 0.2) is 53.4 Å². The van der Waals surface area contributed by atoms with Crippen LogP contribution in [-0.4, -0.2) is 32.7 Å². The Hall–Kier alpha value is -2.88. The van der Waals surface area contributed by atoms with Crippen LogP contribution in [0.1, 0.15) is 10.4 Å². The van der Waals surface area contributed by atoms with Crippen LogP contribution in [0.25, 0.3) is 0 Å². The van der Waals surface area contributed by atoms with Crippen LogP contribution in [0.5, 0.6) is 0 Å². The number of hydrogen-bond donors (Lipinski definition) is 1. The smallest absolute Gasteiger partial charge is 0.341 e. The molecule has 6 nitrogen and oxygen atoms in total. The summed E-state index contributed by atoms with van der Waals surface area (Å²) < 4.78 is 65.5. The molecule has 10 heteroatoms. The SMILES string of the molecule is O=C(COC(=O)c1ccc(S(=O)(=O)C(F)F)cc1)Nc1ccccc1F. The minimum Gasteiger partial charge on any atom is -0.452 e. The lowest BCUT2D eigenvalue weighted by Gasteiger charge is -2.08. The minimum atomic E-state index is -4.77. The third kappa shape index (κ3) is 4.60. The number of carbonyl (C=O) groups excluding carboxylic acids is 2. The van der Waals surface area contributed by atoms with E-state index in [1.165, 1.54) is 18.2 Å². The second kappa shape index (κ2) is 8.00. The topological polar surface area (TPSA) is 89.5 Å². The van der Waals surface area contributed by atoms with Crippen molar-refractivity contribution < 1.29 is 35.9 Å². The molecular formula is C16H12F3NO5S. The van der Waals surface area contributed by atoms with Gasteiger partial charge >= 0.3 is 11.7 Å². The maximum atomic E-state index is 13.4. The molecule has 0 radical (unpaired) electrons. The van der Waals surface area contributed by atoms with Crippen molar-refractivity contribution in [2.24, 2.45) is 0 Å². The highest BCUT2D eigenvalue weighted by atomic mass is 32.2. The number of hydrogen-bond acceptors (Lipinski definition) is 5. The molecule has 26 heavy (non-hydrogen) atoms. The van der Waals surface area contributed by atoms with Crippen molar-refractivity contribution in [2.75, 3.05) is 11.9 Å². The first kappa shape index (κ1) is 19.4. The van der Waals surface area contributed by atoms with E-state index in [0.717, 1.165) is 30.3 Å². The summed E-state index contributed by atoms with van der Waals surface area (Å²) in [5.74, 6) is -6.01. The van der Waals surface area contributed by atoms with Gasteiger partial charge in [0.15, 0.2) is 6.61 Å². The van der Waals surface area contributed by atoms with Crippen molar-refractivity contribution in [3.05, 3.63) is 59.9 Å². The van der Waals surface area contributed by atoms with E-state index in [0.29, 0.717) is 0 Å². The third-order valence-corrected chi connectivity index (χ3v) is 4.53. The first-order chi connectivity index (χ1) is 12.2. The summed E-state index contributed by atoms with van der Waals surface area (Å²) in [5, 5.41) is 2.20. The number of carbonyl (C=O) groups is 2. The fourth-order valence-corrected chi connectivity index (χ4v) is 2.57. The van der Waals surface area contributed by atoms with Gasteiger partial charge in [-0.25, -0.2) is 17.6 Å².